The van der Waals surface area contributed by atoms with Gasteiger partial charge in [0.1, 0.15) is 11.6 Å². The van der Waals surface area contributed by atoms with Gasteiger partial charge >= 0.3 is 0 Å². The number of thioether (sulfide) groups is 1. The fourth-order valence-electron chi connectivity index (χ4n) is 0.965. The lowest BCUT2D eigenvalue weighted by atomic mass is 10.5. The number of hydrogen-bond acceptors (Lipinski definition) is 6. The molecule has 0 saturated heterocycles. The van der Waals surface area contributed by atoms with Gasteiger partial charge in [-0.2, -0.15) is 0 Å². The summed E-state index contributed by atoms with van der Waals surface area (Å²) >= 11 is 1.49. The van der Waals surface area contributed by atoms with Crippen LogP contribution in [-0.4, -0.2) is 28.9 Å². The predicted molar refractivity (Wildman–Crippen MR) is 62.7 cm³/mol. The SMILES string of the molecule is CCCOCCSc1nc(N)cc(N)n1. The molecule has 0 atom stereocenters. The lowest BCUT2D eigenvalue weighted by Gasteiger charge is -2.03. The summed E-state index contributed by atoms with van der Waals surface area (Å²) < 4.78 is 5.33. The van der Waals surface area contributed by atoms with Gasteiger partial charge in [-0.25, -0.2) is 9.97 Å². The maximum absolute atomic E-state index is 5.54. The normalized spacial score (nSPS) is 10.5. The van der Waals surface area contributed by atoms with Crippen LogP contribution in [0, 0.1) is 0 Å². The number of anilines is 2. The molecule has 0 unspecified atom stereocenters. The molecule has 15 heavy (non-hydrogen) atoms. The first-order chi connectivity index (χ1) is 7.22. The van der Waals surface area contributed by atoms with Crippen LogP contribution >= 0.6 is 11.8 Å². The second-order valence-corrected chi connectivity index (χ2v) is 4.02. The van der Waals surface area contributed by atoms with E-state index in [1.54, 1.807) is 0 Å². The smallest absolute Gasteiger partial charge is 0.191 e. The minimum atomic E-state index is 0.402. The number of ether oxygens (including phenoxy) is 1. The van der Waals surface area contributed by atoms with E-state index in [-0.39, 0.29) is 0 Å². The highest BCUT2D eigenvalue weighted by atomic mass is 32.2. The summed E-state index contributed by atoms with van der Waals surface area (Å²) in [6, 6.07) is 1.54. The molecule has 1 heterocycles. The third kappa shape index (κ3) is 4.85. The molecule has 0 fully saturated rings. The number of hydrogen-bond donors (Lipinski definition) is 2. The molecule has 0 aromatic carbocycles. The van der Waals surface area contributed by atoms with Crippen LogP contribution in [0.4, 0.5) is 11.6 Å². The van der Waals surface area contributed by atoms with E-state index in [4.69, 9.17) is 16.2 Å². The van der Waals surface area contributed by atoms with Crippen molar-refractivity contribution in [3.63, 3.8) is 0 Å². The van der Waals surface area contributed by atoms with Crippen molar-refractivity contribution >= 4 is 23.4 Å². The van der Waals surface area contributed by atoms with Gasteiger partial charge in [0.15, 0.2) is 5.16 Å². The maximum atomic E-state index is 5.54. The monoisotopic (exact) mass is 228 g/mol. The Hall–Kier alpha value is -1.01. The number of aromatic nitrogens is 2. The minimum Gasteiger partial charge on any atom is -0.383 e. The van der Waals surface area contributed by atoms with E-state index < -0.39 is 0 Å². The average Bonchev–Trinajstić information content (AvgIpc) is 2.16. The Balaban J connectivity index is 2.31. The van der Waals surface area contributed by atoms with Gasteiger partial charge in [0.25, 0.3) is 0 Å². The van der Waals surface area contributed by atoms with E-state index in [1.165, 1.54) is 17.8 Å². The number of nitrogen functional groups attached to an aromatic ring is 2. The molecule has 0 radical (unpaired) electrons. The molecule has 0 spiro atoms. The fourth-order valence-corrected chi connectivity index (χ4v) is 1.69. The largest absolute Gasteiger partial charge is 0.383 e. The molecule has 4 N–H and O–H groups in total. The van der Waals surface area contributed by atoms with E-state index in [0.29, 0.717) is 23.4 Å². The van der Waals surface area contributed by atoms with Gasteiger partial charge in [-0.1, -0.05) is 18.7 Å². The van der Waals surface area contributed by atoms with Crippen molar-refractivity contribution in [3.05, 3.63) is 6.07 Å². The van der Waals surface area contributed by atoms with Crippen LogP contribution < -0.4 is 11.5 Å². The molecule has 0 amide bonds. The molecule has 1 rings (SSSR count). The molecule has 0 aliphatic heterocycles. The molecular formula is C9H16N4OS. The van der Waals surface area contributed by atoms with Crippen molar-refractivity contribution in [1.29, 1.82) is 0 Å². The zero-order chi connectivity index (χ0) is 11.1. The maximum Gasteiger partial charge on any atom is 0.191 e. The molecule has 6 heteroatoms. The Kier molecular flexibility index (Phi) is 5.20. The molecule has 0 aliphatic rings. The van der Waals surface area contributed by atoms with Crippen LogP contribution in [0.25, 0.3) is 0 Å². The number of rotatable bonds is 6. The van der Waals surface area contributed by atoms with E-state index in [0.717, 1.165) is 18.8 Å². The van der Waals surface area contributed by atoms with Crippen LogP contribution in [0.15, 0.2) is 11.2 Å². The topological polar surface area (TPSA) is 87.0 Å². The van der Waals surface area contributed by atoms with Gasteiger partial charge in [0.2, 0.25) is 0 Å². The molecular weight excluding hydrogens is 212 g/mol. The Bertz CT molecular complexity index is 288. The first-order valence-electron chi connectivity index (χ1n) is 4.83. The predicted octanol–water partition coefficient (Wildman–Crippen LogP) is 1.16. The second-order valence-electron chi connectivity index (χ2n) is 2.96. The van der Waals surface area contributed by atoms with Crippen molar-refractivity contribution < 1.29 is 4.74 Å². The molecule has 0 saturated carbocycles. The molecule has 1 aromatic rings. The Morgan fingerprint density at radius 2 is 1.93 bits per heavy atom. The summed E-state index contributed by atoms with van der Waals surface area (Å²) in [5, 5.41) is 0.604. The average molecular weight is 228 g/mol. The number of nitrogens with two attached hydrogens (primary N) is 2. The lowest BCUT2D eigenvalue weighted by Crippen LogP contribution is -2.02. The first kappa shape index (κ1) is 12.1. The van der Waals surface area contributed by atoms with E-state index in [9.17, 15) is 0 Å². The number of nitrogens with zero attached hydrogens (tertiary/aromatic N) is 2. The Morgan fingerprint density at radius 3 is 2.53 bits per heavy atom. The van der Waals surface area contributed by atoms with Crippen LogP contribution in [0.1, 0.15) is 13.3 Å². The highest BCUT2D eigenvalue weighted by Gasteiger charge is 2.00. The van der Waals surface area contributed by atoms with Crippen molar-refractivity contribution in [1.82, 2.24) is 9.97 Å². The molecule has 1 aromatic heterocycles. The Labute approximate surface area is 93.6 Å². The molecule has 84 valence electrons. The van der Waals surface area contributed by atoms with Crippen LogP contribution in [-0.2, 0) is 4.74 Å². The minimum absolute atomic E-state index is 0.402. The molecule has 5 nitrogen and oxygen atoms in total. The van der Waals surface area contributed by atoms with Gasteiger partial charge in [-0.3, -0.25) is 0 Å². The van der Waals surface area contributed by atoms with Gasteiger partial charge in [0.05, 0.1) is 6.61 Å². The summed E-state index contributed by atoms with van der Waals surface area (Å²) in [5.41, 5.74) is 11.1. The first-order valence-corrected chi connectivity index (χ1v) is 5.81. The van der Waals surface area contributed by atoms with E-state index in [2.05, 4.69) is 16.9 Å². The van der Waals surface area contributed by atoms with E-state index in [1.807, 2.05) is 0 Å². The third-order valence-electron chi connectivity index (χ3n) is 1.55. The van der Waals surface area contributed by atoms with Crippen molar-refractivity contribution in [2.24, 2.45) is 0 Å². The van der Waals surface area contributed by atoms with Crippen molar-refractivity contribution in [2.75, 3.05) is 30.4 Å². The second kappa shape index (κ2) is 6.47. The van der Waals surface area contributed by atoms with Gasteiger partial charge in [-0.15, -0.1) is 0 Å². The summed E-state index contributed by atoms with van der Waals surface area (Å²) in [5.74, 6) is 1.61. The van der Waals surface area contributed by atoms with Crippen molar-refractivity contribution in [3.8, 4) is 0 Å². The summed E-state index contributed by atoms with van der Waals surface area (Å²) in [4.78, 5) is 8.09. The third-order valence-corrected chi connectivity index (χ3v) is 2.36. The zero-order valence-corrected chi connectivity index (χ0v) is 9.59. The zero-order valence-electron chi connectivity index (χ0n) is 8.77. The van der Waals surface area contributed by atoms with Crippen LogP contribution in [0.2, 0.25) is 0 Å². The summed E-state index contributed by atoms with van der Waals surface area (Å²) in [6.45, 7) is 3.56. The van der Waals surface area contributed by atoms with Crippen LogP contribution in [0.5, 0.6) is 0 Å². The molecule has 0 aliphatic carbocycles. The Morgan fingerprint density at radius 1 is 1.27 bits per heavy atom. The van der Waals surface area contributed by atoms with Gasteiger partial charge < -0.3 is 16.2 Å². The van der Waals surface area contributed by atoms with Gasteiger partial charge in [0, 0.05) is 18.4 Å². The standard InChI is InChI=1S/C9H16N4OS/c1-2-3-14-4-5-15-9-12-7(10)6-8(11)13-9/h6H,2-5H2,1H3,(H4,10,11,12,13). The summed E-state index contributed by atoms with van der Waals surface area (Å²) in [6.07, 6.45) is 1.03. The van der Waals surface area contributed by atoms with Crippen LogP contribution in [0.3, 0.4) is 0 Å². The highest BCUT2D eigenvalue weighted by Crippen LogP contribution is 2.15. The fraction of sp³-hybridized carbons (Fsp3) is 0.556. The van der Waals surface area contributed by atoms with Crippen molar-refractivity contribution in [2.45, 2.75) is 18.5 Å². The highest BCUT2D eigenvalue weighted by molar-refractivity contribution is 7.99. The molecule has 0 bridgehead atoms. The van der Waals surface area contributed by atoms with E-state index >= 15 is 0 Å². The van der Waals surface area contributed by atoms with Gasteiger partial charge in [-0.05, 0) is 6.42 Å². The summed E-state index contributed by atoms with van der Waals surface area (Å²) in [7, 11) is 0. The quantitative estimate of drug-likeness (QED) is 0.431. The lowest BCUT2D eigenvalue weighted by molar-refractivity contribution is 0.151.